The molecular formula is C26H33N3O3S. The van der Waals surface area contributed by atoms with Gasteiger partial charge in [-0.05, 0) is 57.4 Å². The number of benzene rings is 2. The number of rotatable bonds is 9. The number of ether oxygens (including phenoxy) is 1. The molecule has 3 rings (SSSR count). The molecular weight excluding hydrogens is 434 g/mol. The molecule has 1 heterocycles. The first-order valence-electron chi connectivity index (χ1n) is 11.1. The molecule has 7 heteroatoms. The van der Waals surface area contributed by atoms with Crippen molar-refractivity contribution in [3.8, 4) is 0 Å². The summed E-state index contributed by atoms with van der Waals surface area (Å²) >= 11 is 1.49. The van der Waals surface area contributed by atoms with Crippen LogP contribution in [0.25, 0.3) is 0 Å². The van der Waals surface area contributed by atoms with E-state index in [0.717, 1.165) is 38.8 Å². The molecule has 4 N–H and O–H groups in total. The molecule has 1 unspecified atom stereocenters. The van der Waals surface area contributed by atoms with E-state index in [1.165, 1.54) is 11.3 Å². The third kappa shape index (κ3) is 5.20. The summed E-state index contributed by atoms with van der Waals surface area (Å²) in [5.41, 5.74) is 10.5. The fourth-order valence-corrected chi connectivity index (χ4v) is 5.22. The van der Waals surface area contributed by atoms with E-state index in [4.69, 9.17) is 15.5 Å². The fraction of sp³-hybridized carbons (Fsp3) is 0.385. The predicted molar refractivity (Wildman–Crippen MR) is 134 cm³/mol. The van der Waals surface area contributed by atoms with Gasteiger partial charge in [-0.2, -0.15) is 0 Å². The second kappa shape index (κ2) is 10.4. The number of nitrogens with one attached hydrogen (secondary N) is 1. The zero-order chi connectivity index (χ0) is 24.2. The maximum absolute atomic E-state index is 13.4. The van der Waals surface area contributed by atoms with E-state index >= 15 is 0 Å². The van der Waals surface area contributed by atoms with Gasteiger partial charge in [0.1, 0.15) is 11.6 Å². The number of nitrogen functional groups attached to an aromatic ring is 1. The van der Waals surface area contributed by atoms with Crippen molar-refractivity contribution in [2.75, 3.05) is 17.6 Å². The number of anilines is 2. The van der Waals surface area contributed by atoms with E-state index in [0.29, 0.717) is 11.4 Å². The van der Waals surface area contributed by atoms with Gasteiger partial charge in [0.15, 0.2) is 0 Å². The first-order chi connectivity index (χ1) is 15.7. The van der Waals surface area contributed by atoms with Crippen molar-refractivity contribution in [3.63, 3.8) is 0 Å². The molecule has 0 amide bonds. The van der Waals surface area contributed by atoms with E-state index in [2.05, 4.69) is 5.32 Å². The van der Waals surface area contributed by atoms with Gasteiger partial charge >= 0.3 is 5.97 Å². The fourth-order valence-electron chi connectivity index (χ4n) is 3.98. The van der Waals surface area contributed by atoms with Crippen LogP contribution in [0.15, 0.2) is 42.5 Å². The average molecular weight is 468 g/mol. The molecule has 1 aromatic heterocycles. The molecule has 0 spiro atoms. The molecule has 0 saturated heterocycles. The molecule has 0 fully saturated rings. The SMILES string of the molecule is CCNc1ccc(C(c2nc(CO)c(C)s2)C(C)(C)C(=O)OCc2ccccc2)c(C)c1N. The molecule has 0 aliphatic rings. The van der Waals surface area contributed by atoms with Crippen molar-refractivity contribution in [1.82, 2.24) is 4.98 Å². The number of nitrogens with zero attached hydrogens (tertiary/aromatic N) is 1. The molecule has 0 radical (unpaired) electrons. The molecule has 0 saturated carbocycles. The Labute approximate surface area is 199 Å². The van der Waals surface area contributed by atoms with E-state index in [1.807, 2.05) is 77.1 Å². The molecule has 3 aromatic rings. The smallest absolute Gasteiger partial charge is 0.312 e. The predicted octanol–water partition coefficient (Wildman–Crippen LogP) is 5.17. The molecule has 0 aliphatic heterocycles. The highest BCUT2D eigenvalue weighted by Crippen LogP contribution is 2.46. The number of nitrogens with two attached hydrogens (primary N) is 1. The maximum atomic E-state index is 13.4. The van der Waals surface area contributed by atoms with E-state index in [1.54, 1.807) is 0 Å². The highest BCUT2D eigenvalue weighted by molar-refractivity contribution is 7.11. The number of aliphatic hydroxyl groups is 1. The van der Waals surface area contributed by atoms with Crippen LogP contribution in [0.4, 0.5) is 11.4 Å². The van der Waals surface area contributed by atoms with Gasteiger partial charge < -0.3 is 20.9 Å². The Kier molecular flexibility index (Phi) is 7.76. The Bertz CT molecular complexity index is 1110. The number of carbonyl (C=O) groups excluding carboxylic acids is 1. The summed E-state index contributed by atoms with van der Waals surface area (Å²) in [6, 6.07) is 13.6. The minimum absolute atomic E-state index is 0.144. The van der Waals surface area contributed by atoms with Crippen LogP contribution in [-0.2, 0) is 22.7 Å². The summed E-state index contributed by atoms with van der Waals surface area (Å²) in [4.78, 5) is 19.1. The number of thiazole rings is 1. The second-order valence-corrected chi connectivity index (χ2v) is 9.94. The van der Waals surface area contributed by atoms with Gasteiger partial charge in [0, 0.05) is 11.4 Å². The standard InChI is InChI=1S/C26H33N3O3S/c1-6-28-20-13-12-19(16(2)23(20)27)22(24-29-21(14-30)17(3)33-24)26(4,5)25(31)32-15-18-10-8-7-9-11-18/h7-13,22,28,30H,6,14-15,27H2,1-5H3. The quantitative estimate of drug-likeness (QED) is 0.297. The van der Waals surface area contributed by atoms with Gasteiger partial charge in [0.25, 0.3) is 0 Å². The van der Waals surface area contributed by atoms with Gasteiger partial charge in [-0.25, -0.2) is 4.98 Å². The van der Waals surface area contributed by atoms with Crippen LogP contribution in [0.1, 0.15) is 59.0 Å². The van der Waals surface area contributed by atoms with Crippen molar-refractivity contribution >= 4 is 28.7 Å². The maximum Gasteiger partial charge on any atom is 0.312 e. The van der Waals surface area contributed by atoms with E-state index in [9.17, 15) is 9.90 Å². The minimum atomic E-state index is -0.928. The molecule has 0 bridgehead atoms. The Hall–Kier alpha value is -2.90. The summed E-state index contributed by atoms with van der Waals surface area (Å²) in [6.07, 6.45) is 0. The average Bonchev–Trinajstić information content (AvgIpc) is 3.17. The monoisotopic (exact) mass is 467 g/mol. The molecule has 1 atom stereocenters. The van der Waals surface area contributed by atoms with Crippen LogP contribution in [0.3, 0.4) is 0 Å². The lowest BCUT2D eigenvalue weighted by Crippen LogP contribution is -2.34. The Morgan fingerprint density at radius 1 is 1.21 bits per heavy atom. The number of carbonyl (C=O) groups is 1. The Morgan fingerprint density at radius 3 is 2.52 bits per heavy atom. The number of aliphatic hydroxyl groups excluding tert-OH is 1. The van der Waals surface area contributed by atoms with Gasteiger partial charge in [0.05, 0.1) is 35.0 Å². The minimum Gasteiger partial charge on any atom is -0.460 e. The third-order valence-corrected chi connectivity index (χ3v) is 7.08. The van der Waals surface area contributed by atoms with Crippen LogP contribution in [-0.4, -0.2) is 22.6 Å². The van der Waals surface area contributed by atoms with E-state index < -0.39 is 5.41 Å². The molecule has 0 aliphatic carbocycles. The van der Waals surface area contributed by atoms with Crippen LogP contribution < -0.4 is 11.1 Å². The van der Waals surface area contributed by atoms with Crippen molar-refractivity contribution in [2.24, 2.45) is 5.41 Å². The summed E-state index contributed by atoms with van der Waals surface area (Å²) in [5, 5.41) is 13.8. The molecule has 2 aromatic carbocycles. The number of aromatic nitrogens is 1. The van der Waals surface area contributed by atoms with Crippen LogP contribution in [0.2, 0.25) is 0 Å². The largest absolute Gasteiger partial charge is 0.460 e. The van der Waals surface area contributed by atoms with Crippen LogP contribution in [0.5, 0.6) is 0 Å². The van der Waals surface area contributed by atoms with Crippen molar-refractivity contribution < 1.29 is 14.6 Å². The third-order valence-electron chi connectivity index (χ3n) is 6.00. The van der Waals surface area contributed by atoms with Gasteiger partial charge in [0.2, 0.25) is 0 Å². The van der Waals surface area contributed by atoms with E-state index in [-0.39, 0.29) is 25.1 Å². The summed E-state index contributed by atoms with van der Waals surface area (Å²) in [6.45, 7) is 10.5. The first kappa shape index (κ1) is 24.7. The van der Waals surface area contributed by atoms with Gasteiger partial charge in [-0.3, -0.25) is 4.79 Å². The number of aryl methyl sites for hydroxylation is 1. The van der Waals surface area contributed by atoms with Gasteiger partial charge in [-0.1, -0.05) is 36.4 Å². The summed E-state index contributed by atoms with van der Waals surface area (Å²) < 4.78 is 5.76. The van der Waals surface area contributed by atoms with Crippen LogP contribution >= 0.6 is 11.3 Å². The van der Waals surface area contributed by atoms with Crippen molar-refractivity contribution in [3.05, 3.63) is 74.7 Å². The summed E-state index contributed by atoms with van der Waals surface area (Å²) in [7, 11) is 0. The molecule has 176 valence electrons. The lowest BCUT2D eigenvalue weighted by Gasteiger charge is -2.33. The highest BCUT2D eigenvalue weighted by atomic mass is 32.1. The zero-order valence-corrected chi connectivity index (χ0v) is 20.8. The Balaban J connectivity index is 2.04. The molecule has 33 heavy (non-hydrogen) atoms. The molecule has 6 nitrogen and oxygen atoms in total. The van der Waals surface area contributed by atoms with Crippen molar-refractivity contribution in [2.45, 2.75) is 53.8 Å². The first-order valence-corrected chi connectivity index (χ1v) is 11.9. The highest BCUT2D eigenvalue weighted by Gasteiger charge is 2.43. The number of hydrogen-bond acceptors (Lipinski definition) is 7. The Morgan fingerprint density at radius 2 is 1.91 bits per heavy atom. The van der Waals surface area contributed by atoms with Crippen molar-refractivity contribution in [1.29, 1.82) is 0 Å². The number of esters is 1. The zero-order valence-electron chi connectivity index (χ0n) is 19.9. The van der Waals surface area contributed by atoms with Gasteiger partial charge in [-0.15, -0.1) is 11.3 Å². The topological polar surface area (TPSA) is 97.5 Å². The normalized spacial score (nSPS) is 12.4. The van der Waals surface area contributed by atoms with Crippen LogP contribution in [0, 0.1) is 19.3 Å². The second-order valence-electron chi connectivity index (χ2n) is 8.70. The lowest BCUT2D eigenvalue weighted by atomic mass is 9.73. The number of hydrogen-bond donors (Lipinski definition) is 3. The summed E-state index contributed by atoms with van der Waals surface area (Å²) in [5.74, 6) is -0.703. The lowest BCUT2D eigenvalue weighted by molar-refractivity contribution is -0.156.